The molecule has 6 nitrogen and oxygen atoms in total. The molecule has 0 radical (unpaired) electrons. The number of carbonyl (C=O) groups is 1. The largest absolute Gasteiger partial charge is 0.513 e. The molecule has 0 aliphatic heterocycles. The third kappa shape index (κ3) is 4.77. The topological polar surface area (TPSA) is 75.0 Å². The fraction of sp³-hybridized carbons (Fsp3) is 0.304. The Morgan fingerprint density at radius 3 is 2.62 bits per heavy atom. The van der Waals surface area contributed by atoms with Crippen LogP contribution in [0.2, 0.25) is 0 Å². The minimum atomic E-state index is -0.787. The lowest BCUT2D eigenvalue weighted by Crippen LogP contribution is -2.11. The zero-order chi connectivity index (χ0) is 21.0. The number of fused-ring (bicyclic) bond motifs is 1. The number of aryl methyl sites for hydroxylation is 2. The summed E-state index contributed by atoms with van der Waals surface area (Å²) in [6.07, 6.45) is 2.17. The Bertz CT molecular complexity index is 1100. The summed E-state index contributed by atoms with van der Waals surface area (Å²) in [5, 5.41) is 0.330. The summed E-state index contributed by atoms with van der Waals surface area (Å²) in [4.78, 5) is 24.5. The summed E-state index contributed by atoms with van der Waals surface area (Å²) >= 11 is 0. The van der Waals surface area contributed by atoms with Gasteiger partial charge in [0.15, 0.2) is 0 Å². The molecule has 0 spiro atoms. The van der Waals surface area contributed by atoms with Gasteiger partial charge in [-0.1, -0.05) is 19.4 Å². The van der Waals surface area contributed by atoms with Gasteiger partial charge in [-0.25, -0.2) is 4.79 Å². The smallest absolute Gasteiger partial charge is 0.460 e. The second kappa shape index (κ2) is 8.82. The van der Waals surface area contributed by atoms with Crippen LogP contribution < -0.4 is 14.9 Å². The van der Waals surface area contributed by atoms with Gasteiger partial charge < -0.3 is 18.6 Å². The molecule has 0 bridgehead atoms. The van der Waals surface area contributed by atoms with Gasteiger partial charge in [0, 0.05) is 6.07 Å². The van der Waals surface area contributed by atoms with Crippen molar-refractivity contribution in [2.45, 2.75) is 40.5 Å². The van der Waals surface area contributed by atoms with E-state index in [1.807, 2.05) is 33.8 Å². The summed E-state index contributed by atoms with van der Waals surface area (Å²) in [6, 6.07) is 8.47. The molecule has 0 amide bonds. The van der Waals surface area contributed by atoms with Crippen LogP contribution in [-0.4, -0.2) is 12.8 Å². The van der Waals surface area contributed by atoms with Crippen LogP contribution in [0.25, 0.3) is 11.0 Å². The van der Waals surface area contributed by atoms with E-state index in [2.05, 4.69) is 6.07 Å². The van der Waals surface area contributed by atoms with Crippen molar-refractivity contribution in [1.29, 1.82) is 0 Å². The number of hydrogen-bond acceptors (Lipinski definition) is 6. The second-order valence-electron chi connectivity index (χ2n) is 6.95. The monoisotopic (exact) mass is 396 g/mol. The van der Waals surface area contributed by atoms with Crippen LogP contribution in [0.1, 0.15) is 36.5 Å². The van der Waals surface area contributed by atoms with Crippen LogP contribution >= 0.6 is 0 Å². The Hall–Kier alpha value is -3.28. The van der Waals surface area contributed by atoms with Gasteiger partial charge in [-0.05, 0) is 62.1 Å². The van der Waals surface area contributed by atoms with Gasteiger partial charge >= 0.3 is 6.16 Å². The molecule has 152 valence electrons. The van der Waals surface area contributed by atoms with Crippen LogP contribution in [0.15, 0.2) is 45.8 Å². The summed E-state index contributed by atoms with van der Waals surface area (Å²) in [5.41, 5.74) is 3.07. The van der Waals surface area contributed by atoms with E-state index in [9.17, 15) is 9.59 Å². The first-order valence-corrected chi connectivity index (χ1v) is 9.55. The Morgan fingerprint density at radius 2 is 1.86 bits per heavy atom. The van der Waals surface area contributed by atoms with Crippen molar-refractivity contribution in [3.63, 3.8) is 0 Å². The molecule has 0 saturated carbocycles. The van der Waals surface area contributed by atoms with E-state index in [4.69, 9.17) is 18.6 Å². The highest BCUT2D eigenvalue weighted by molar-refractivity contribution is 5.80. The average molecular weight is 396 g/mol. The van der Waals surface area contributed by atoms with E-state index in [-0.39, 0.29) is 16.9 Å². The van der Waals surface area contributed by atoms with Crippen LogP contribution in [0, 0.1) is 20.8 Å². The van der Waals surface area contributed by atoms with Gasteiger partial charge in [0.2, 0.25) is 11.2 Å². The molecule has 0 N–H and O–H groups in total. The standard InChI is InChI=1S/C23H24O6/c1-5-6-9-26-23(25)28-17-7-8-18-20(12-17)27-13-21(22(18)24)29-19-11-14(2)10-15(3)16(19)4/h7-8,10-13H,5-6,9H2,1-4H3. The molecule has 0 aliphatic carbocycles. The number of benzene rings is 2. The number of unbranched alkanes of at least 4 members (excludes halogenated alkanes) is 1. The molecule has 0 aliphatic rings. The molecule has 1 heterocycles. The first kappa shape index (κ1) is 20.5. The molecule has 6 heteroatoms. The molecular weight excluding hydrogens is 372 g/mol. The van der Waals surface area contributed by atoms with E-state index in [0.717, 1.165) is 29.5 Å². The zero-order valence-corrected chi connectivity index (χ0v) is 17.0. The highest BCUT2D eigenvalue weighted by Gasteiger charge is 2.14. The molecular formula is C23H24O6. The van der Waals surface area contributed by atoms with Crippen LogP contribution in [0.5, 0.6) is 17.2 Å². The lowest BCUT2D eigenvalue weighted by atomic mass is 10.1. The van der Waals surface area contributed by atoms with Gasteiger partial charge in [-0.3, -0.25) is 4.79 Å². The SMILES string of the molecule is CCCCOC(=O)Oc1ccc2c(=O)c(Oc3cc(C)cc(C)c3C)coc2c1. The first-order valence-electron chi connectivity index (χ1n) is 9.55. The second-order valence-corrected chi connectivity index (χ2v) is 6.95. The van der Waals surface area contributed by atoms with Crippen molar-refractivity contribution in [1.82, 2.24) is 0 Å². The Kier molecular flexibility index (Phi) is 6.22. The number of rotatable bonds is 6. The van der Waals surface area contributed by atoms with Crippen molar-refractivity contribution in [3.8, 4) is 17.2 Å². The summed E-state index contributed by atoms with van der Waals surface area (Å²) in [6.45, 7) is 8.20. The fourth-order valence-corrected chi connectivity index (χ4v) is 2.88. The van der Waals surface area contributed by atoms with Gasteiger partial charge in [-0.2, -0.15) is 0 Å². The Morgan fingerprint density at radius 1 is 1.07 bits per heavy atom. The van der Waals surface area contributed by atoms with Crippen molar-refractivity contribution < 1.29 is 23.4 Å². The van der Waals surface area contributed by atoms with Crippen molar-refractivity contribution in [2.75, 3.05) is 6.61 Å². The van der Waals surface area contributed by atoms with E-state index in [0.29, 0.717) is 23.3 Å². The quantitative estimate of drug-likeness (QED) is 0.297. The Labute approximate surface area is 169 Å². The third-order valence-corrected chi connectivity index (χ3v) is 4.62. The fourth-order valence-electron chi connectivity index (χ4n) is 2.88. The third-order valence-electron chi connectivity index (χ3n) is 4.62. The summed E-state index contributed by atoms with van der Waals surface area (Å²) < 4.78 is 21.5. The molecule has 1 aromatic heterocycles. The molecule has 2 aromatic carbocycles. The van der Waals surface area contributed by atoms with E-state index in [1.165, 1.54) is 24.5 Å². The minimum Gasteiger partial charge on any atom is -0.460 e. The molecule has 0 fully saturated rings. The predicted octanol–water partition coefficient (Wildman–Crippen LogP) is 5.83. The lowest BCUT2D eigenvalue weighted by Gasteiger charge is -2.12. The highest BCUT2D eigenvalue weighted by atomic mass is 16.7. The van der Waals surface area contributed by atoms with Crippen molar-refractivity contribution in [3.05, 3.63) is 63.5 Å². The first-order chi connectivity index (χ1) is 13.9. The maximum absolute atomic E-state index is 12.8. The maximum Gasteiger partial charge on any atom is 0.513 e. The molecule has 0 unspecified atom stereocenters. The van der Waals surface area contributed by atoms with Crippen LogP contribution in [0.3, 0.4) is 0 Å². The number of ether oxygens (including phenoxy) is 3. The van der Waals surface area contributed by atoms with E-state index >= 15 is 0 Å². The van der Waals surface area contributed by atoms with Crippen LogP contribution in [-0.2, 0) is 4.74 Å². The summed E-state index contributed by atoms with van der Waals surface area (Å²) in [7, 11) is 0. The molecule has 3 rings (SSSR count). The average Bonchev–Trinajstić information content (AvgIpc) is 2.68. The molecule has 0 atom stereocenters. The van der Waals surface area contributed by atoms with E-state index in [1.54, 1.807) is 0 Å². The van der Waals surface area contributed by atoms with Gasteiger partial charge in [0.1, 0.15) is 23.3 Å². The predicted molar refractivity (Wildman–Crippen MR) is 110 cm³/mol. The zero-order valence-electron chi connectivity index (χ0n) is 17.0. The van der Waals surface area contributed by atoms with Crippen molar-refractivity contribution >= 4 is 17.1 Å². The lowest BCUT2D eigenvalue weighted by molar-refractivity contribution is 0.0978. The van der Waals surface area contributed by atoms with Crippen molar-refractivity contribution in [2.24, 2.45) is 0 Å². The highest BCUT2D eigenvalue weighted by Crippen LogP contribution is 2.28. The van der Waals surface area contributed by atoms with Gasteiger partial charge in [0.05, 0.1) is 12.0 Å². The van der Waals surface area contributed by atoms with Gasteiger partial charge in [0.25, 0.3) is 0 Å². The summed E-state index contributed by atoms with van der Waals surface area (Å²) in [5.74, 6) is 0.947. The maximum atomic E-state index is 12.8. The number of hydrogen-bond donors (Lipinski definition) is 0. The van der Waals surface area contributed by atoms with Crippen LogP contribution in [0.4, 0.5) is 4.79 Å². The Balaban J connectivity index is 1.84. The minimum absolute atomic E-state index is 0.0956. The van der Waals surface area contributed by atoms with Gasteiger partial charge in [-0.15, -0.1) is 0 Å². The number of carbonyl (C=O) groups excluding carboxylic acids is 1. The molecule has 29 heavy (non-hydrogen) atoms. The van der Waals surface area contributed by atoms with E-state index < -0.39 is 6.16 Å². The normalized spacial score (nSPS) is 10.8. The molecule has 0 saturated heterocycles. The molecule has 3 aromatic rings.